The highest BCUT2D eigenvalue weighted by Crippen LogP contribution is 2.43. The lowest BCUT2D eigenvalue weighted by Gasteiger charge is -2.17. The number of aromatic nitrogens is 3. The highest BCUT2D eigenvalue weighted by atomic mass is 32.1. The van der Waals surface area contributed by atoms with Crippen molar-refractivity contribution in [2.45, 2.75) is 0 Å². The number of para-hydroxylation sites is 2. The highest BCUT2D eigenvalue weighted by Gasteiger charge is 2.19. The maximum absolute atomic E-state index is 5.40. The summed E-state index contributed by atoms with van der Waals surface area (Å²) in [5.74, 6) is 0.700. The van der Waals surface area contributed by atoms with Crippen molar-refractivity contribution < 1.29 is 0 Å². The van der Waals surface area contributed by atoms with Gasteiger partial charge < -0.3 is 4.57 Å². The van der Waals surface area contributed by atoms with Crippen LogP contribution >= 0.6 is 11.3 Å². The van der Waals surface area contributed by atoms with Crippen LogP contribution in [0.4, 0.5) is 0 Å². The monoisotopic (exact) mass is 755 g/mol. The summed E-state index contributed by atoms with van der Waals surface area (Å²) in [6, 6.07) is 72.1. The Morgan fingerprint density at radius 1 is 0.362 bits per heavy atom. The molecule has 270 valence electrons. The number of hydrogen-bond acceptors (Lipinski definition) is 3. The Balaban J connectivity index is 1.17. The predicted molar refractivity (Wildman–Crippen MR) is 246 cm³/mol. The van der Waals surface area contributed by atoms with Crippen LogP contribution in [0.25, 0.3) is 114 Å². The largest absolute Gasteiger partial charge is 0.309 e. The zero-order chi connectivity index (χ0) is 38.2. The van der Waals surface area contributed by atoms with Gasteiger partial charge in [0.25, 0.3) is 0 Å². The Bertz CT molecular complexity index is 3520. The summed E-state index contributed by atoms with van der Waals surface area (Å²) in [5, 5.41) is 9.91. The molecule has 0 bridgehead atoms. The van der Waals surface area contributed by atoms with Gasteiger partial charge in [0.15, 0.2) is 5.82 Å². The Morgan fingerprint density at radius 2 is 0.966 bits per heavy atom. The Kier molecular flexibility index (Phi) is 7.40. The van der Waals surface area contributed by atoms with E-state index in [0.29, 0.717) is 5.82 Å². The van der Waals surface area contributed by atoms with Gasteiger partial charge in [-0.25, -0.2) is 9.97 Å². The molecule has 4 heteroatoms. The number of rotatable bonds is 5. The van der Waals surface area contributed by atoms with Crippen LogP contribution in [0.2, 0.25) is 0 Å². The molecule has 3 heterocycles. The van der Waals surface area contributed by atoms with E-state index in [2.05, 4.69) is 199 Å². The Labute approximate surface area is 338 Å². The van der Waals surface area contributed by atoms with E-state index in [1.807, 2.05) is 17.4 Å². The Hall–Kier alpha value is -7.40. The van der Waals surface area contributed by atoms with E-state index in [1.165, 1.54) is 69.1 Å². The van der Waals surface area contributed by atoms with Crippen molar-refractivity contribution in [2.75, 3.05) is 0 Å². The van der Waals surface area contributed by atoms with E-state index in [9.17, 15) is 0 Å². The first-order chi connectivity index (χ1) is 28.7. The van der Waals surface area contributed by atoms with E-state index < -0.39 is 0 Å². The molecule has 0 aliphatic carbocycles. The van der Waals surface area contributed by atoms with Crippen LogP contribution in [0, 0.1) is 0 Å². The standard InChI is InChI=1S/C54H33N3S/c1-2-15-34(16-3-1)54-55-48(33-49(56-54)46-25-14-24-45-44-23-10-13-28-52(44)58-53(45)46)37-29-36(47-32-35-17-4-5-18-39(35)40-19-6-7-20-41(40)47)30-38(31-37)57-50-26-11-8-21-42(50)43-22-9-12-27-51(43)57/h1-33H. The fraction of sp³-hybridized carbons (Fsp3) is 0. The van der Waals surface area contributed by atoms with Gasteiger partial charge in [0.2, 0.25) is 0 Å². The topological polar surface area (TPSA) is 30.7 Å². The lowest BCUT2D eigenvalue weighted by atomic mass is 9.91. The summed E-state index contributed by atoms with van der Waals surface area (Å²) in [6.07, 6.45) is 0. The molecule has 0 aliphatic heterocycles. The summed E-state index contributed by atoms with van der Waals surface area (Å²) < 4.78 is 4.92. The van der Waals surface area contributed by atoms with Gasteiger partial charge in [0.1, 0.15) is 0 Å². The summed E-state index contributed by atoms with van der Waals surface area (Å²) in [6.45, 7) is 0. The second-order valence-electron chi connectivity index (χ2n) is 14.9. The molecule has 0 spiro atoms. The van der Waals surface area contributed by atoms with Gasteiger partial charge in [-0.05, 0) is 81.2 Å². The molecule has 0 amide bonds. The van der Waals surface area contributed by atoms with Gasteiger partial charge >= 0.3 is 0 Å². The molecule has 3 nitrogen and oxygen atoms in total. The normalized spacial score (nSPS) is 11.8. The van der Waals surface area contributed by atoms with Gasteiger partial charge in [0, 0.05) is 53.3 Å². The van der Waals surface area contributed by atoms with Crippen LogP contribution in [0.5, 0.6) is 0 Å². The van der Waals surface area contributed by atoms with Crippen LogP contribution in [0.1, 0.15) is 0 Å². The lowest BCUT2D eigenvalue weighted by molar-refractivity contribution is 1.17. The van der Waals surface area contributed by atoms with Crippen molar-refractivity contribution in [1.82, 2.24) is 14.5 Å². The molecule has 0 saturated carbocycles. The molecule has 0 fully saturated rings. The number of nitrogens with zero attached hydrogens (tertiary/aromatic N) is 3. The molecule has 0 atom stereocenters. The molecule has 9 aromatic carbocycles. The van der Waals surface area contributed by atoms with Crippen molar-refractivity contribution in [3.63, 3.8) is 0 Å². The molecular formula is C54H33N3S. The average Bonchev–Trinajstić information content (AvgIpc) is 3.85. The molecule has 3 aromatic heterocycles. The minimum Gasteiger partial charge on any atom is -0.309 e. The predicted octanol–water partition coefficient (Wildman–Crippen LogP) is 14.9. The fourth-order valence-corrected chi connectivity index (χ4v) is 10.2. The molecule has 0 aliphatic rings. The van der Waals surface area contributed by atoms with Crippen molar-refractivity contribution in [1.29, 1.82) is 0 Å². The van der Waals surface area contributed by atoms with E-state index in [4.69, 9.17) is 9.97 Å². The molecule has 58 heavy (non-hydrogen) atoms. The van der Waals surface area contributed by atoms with Gasteiger partial charge in [-0.2, -0.15) is 0 Å². The third-order valence-electron chi connectivity index (χ3n) is 11.6. The third-order valence-corrected chi connectivity index (χ3v) is 12.8. The summed E-state index contributed by atoms with van der Waals surface area (Å²) >= 11 is 1.83. The van der Waals surface area contributed by atoms with E-state index in [0.717, 1.165) is 39.3 Å². The Morgan fingerprint density at radius 3 is 1.76 bits per heavy atom. The smallest absolute Gasteiger partial charge is 0.160 e. The molecule has 12 aromatic rings. The van der Waals surface area contributed by atoms with E-state index in [1.54, 1.807) is 0 Å². The average molecular weight is 756 g/mol. The van der Waals surface area contributed by atoms with Crippen LogP contribution in [-0.2, 0) is 0 Å². The molecular weight excluding hydrogens is 723 g/mol. The van der Waals surface area contributed by atoms with Crippen LogP contribution in [-0.4, -0.2) is 14.5 Å². The zero-order valence-corrected chi connectivity index (χ0v) is 32.1. The van der Waals surface area contributed by atoms with Crippen molar-refractivity contribution in [3.8, 4) is 50.7 Å². The minimum absolute atomic E-state index is 0.700. The maximum atomic E-state index is 5.40. The summed E-state index contributed by atoms with van der Waals surface area (Å²) in [5.41, 5.74) is 10.6. The van der Waals surface area contributed by atoms with Crippen LogP contribution in [0.15, 0.2) is 200 Å². The van der Waals surface area contributed by atoms with Crippen LogP contribution in [0.3, 0.4) is 0 Å². The second kappa shape index (κ2) is 13.1. The first kappa shape index (κ1) is 32.8. The van der Waals surface area contributed by atoms with Gasteiger partial charge in [0.05, 0.1) is 22.4 Å². The molecule has 0 saturated heterocycles. The molecule has 0 unspecified atom stereocenters. The maximum Gasteiger partial charge on any atom is 0.160 e. The quantitative estimate of drug-likeness (QED) is 0.164. The fourth-order valence-electron chi connectivity index (χ4n) is 8.94. The number of hydrogen-bond donors (Lipinski definition) is 0. The summed E-state index contributed by atoms with van der Waals surface area (Å²) in [7, 11) is 0. The summed E-state index contributed by atoms with van der Waals surface area (Å²) in [4.78, 5) is 10.7. The van der Waals surface area contributed by atoms with Crippen LogP contribution < -0.4 is 0 Å². The van der Waals surface area contributed by atoms with Crippen molar-refractivity contribution >= 4 is 74.9 Å². The number of fused-ring (bicyclic) bond motifs is 9. The SMILES string of the molecule is c1ccc(-c2nc(-c3cc(-c4cc5ccccc5c5ccccc45)cc(-n4c5ccccc5c5ccccc54)c3)cc(-c3cccc4c3sc3ccccc34)n2)cc1. The van der Waals surface area contributed by atoms with Gasteiger partial charge in [-0.15, -0.1) is 11.3 Å². The molecule has 0 N–H and O–H groups in total. The van der Waals surface area contributed by atoms with Crippen molar-refractivity contribution in [3.05, 3.63) is 200 Å². The first-order valence-corrected chi connectivity index (χ1v) is 20.5. The molecule has 12 rings (SSSR count). The second-order valence-corrected chi connectivity index (χ2v) is 16.0. The van der Waals surface area contributed by atoms with Gasteiger partial charge in [-0.3, -0.25) is 0 Å². The van der Waals surface area contributed by atoms with E-state index in [-0.39, 0.29) is 0 Å². The number of thiophene rings is 1. The lowest BCUT2D eigenvalue weighted by Crippen LogP contribution is -1.99. The van der Waals surface area contributed by atoms with Crippen molar-refractivity contribution in [2.24, 2.45) is 0 Å². The zero-order valence-electron chi connectivity index (χ0n) is 31.3. The number of benzene rings is 9. The molecule has 0 radical (unpaired) electrons. The minimum atomic E-state index is 0.700. The highest BCUT2D eigenvalue weighted by molar-refractivity contribution is 7.26. The van der Waals surface area contributed by atoms with E-state index >= 15 is 0 Å². The van der Waals surface area contributed by atoms with Gasteiger partial charge in [-0.1, -0.05) is 152 Å². The third kappa shape index (κ3) is 5.19. The first-order valence-electron chi connectivity index (χ1n) is 19.7.